The van der Waals surface area contributed by atoms with E-state index < -0.39 is 16.7 Å². The Balaban J connectivity index is 2.00. The SMILES string of the molecule is CN1CCC(CS(=O)O)(OCc2ccccc2)C1. The van der Waals surface area contributed by atoms with Crippen molar-refractivity contribution in [3.8, 4) is 0 Å². The first-order valence-electron chi connectivity index (χ1n) is 6.04. The van der Waals surface area contributed by atoms with Gasteiger partial charge in [0.2, 0.25) is 0 Å². The first-order valence-corrected chi connectivity index (χ1v) is 7.31. The summed E-state index contributed by atoms with van der Waals surface area (Å²) in [6.45, 7) is 2.12. The van der Waals surface area contributed by atoms with Crippen LogP contribution in [0.5, 0.6) is 0 Å². The number of likely N-dealkylation sites (tertiary alicyclic amines) is 1. The molecule has 1 saturated heterocycles. The summed E-state index contributed by atoms with van der Waals surface area (Å²) in [5, 5.41) is 0. The van der Waals surface area contributed by atoms with Gasteiger partial charge in [0.25, 0.3) is 0 Å². The van der Waals surface area contributed by atoms with Crippen molar-refractivity contribution in [3.05, 3.63) is 35.9 Å². The lowest BCUT2D eigenvalue weighted by atomic mass is 10.1. The standard InChI is InChI=1S/C13H19NO3S/c1-14-8-7-13(10-14,11-18(15)16)17-9-12-5-3-2-4-6-12/h2-6H,7-11H2,1H3,(H,15,16). The number of likely N-dealkylation sites (N-methyl/N-ethyl adjacent to an activating group) is 1. The molecule has 0 radical (unpaired) electrons. The smallest absolute Gasteiger partial charge is 0.155 e. The van der Waals surface area contributed by atoms with E-state index in [0.29, 0.717) is 13.2 Å². The molecule has 1 heterocycles. The minimum absolute atomic E-state index is 0.185. The minimum atomic E-state index is -1.82. The molecule has 0 spiro atoms. The Morgan fingerprint density at radius 3 is 2.72 bits per heavy atom. The van der Waals surface area contributed by atoms with Crippen molar-refractivity contribution in [1.82, 2.24) is 4.90 Å². The molecule has 0 bridgehead atoms. The van der Waals surface area contributed by atoms with Crippen LogP contribution in [0.4, 0.5) is 0 Å². The molecule has 18 heavy (non-hydrogen) atoms. The number of hydrogen-bond donors (Lipinski definition) is 1. The molecule has 1 fully saturated rings. The van der Waals surface area contributed by atoms with Crippen molar-refractivity contribution in [3.63, 3.8) is 0 Å². The lowest BCUT2D eigenvalue weighted by Gasteiger charge is -2.28. The third kappa shape index (κ3) is 3.62. The Bertz CT molecular complexity index is 412. The van der Waals surface area contributed by atoms with Crippen LogP contribution in [0.2, 0.25) is 0 Å². The highest BCUT2D eigenvalue weighted by atomic mass is 32.2. The number of rotatable bonds is 5. The maximum absolute atomic E-state index is 11.1. The lowest BCUT2D eigenvalue weighted by molar-refractivity contribution is -0.0309. The van der Waals surface area contributed by atoms with E-state index in [1.54, 1.807) is 0 Å². The quantitative estimate of drug-likeness (QED) is 0.823. The molecule has 4 nitrogen and oxygen atoms in total. The molecule has 0 saturated carbocycles. The molecule has 2 unspecified atom stereocenters. The lowest BCUT2D eigenvalue weighted by Crippen LogP contribution is -2.40. The first-order chi connectivity index (χ1) is 8.60. The van der Waals surface area contributed by atoms with Gasteiger partial charge in [0.05, 0.1) is 18.0 Å². The van der Waals surface area contributed by atoms with Crippen molar-refractivity contribution in [2.75, 3.05) is 25.9 Å². The highest BCUT2D eigenvalue weighted by molar-refractivity contribution is 7.79. The van der Waals surface area contributed by atoms with E-state index in [0.717, 1.165) is 18.5 Å². The Hall–Kier alpha value is -0.750. The zero-order chi connectivity index (χ0) is 13.0. The fourth-order valence-electron chi connectivity index (χ4n) is 2.36. The van der Waals surface area contributed by atoms with Gasteiger partial charge in [0, 0.05) is 13.1 Å². The van der Waals surface area contributed by atoms with E-state index in [9.17, 15) is 4.21 Å². The second-order valence-electron chi connectivity index (χ2n) is 4.91. The maximum Gasteiger partial charge on any atom is 0.155 e. The van der Waals surface area contributed by atoms with Crippen molar-refractivity contribution in [1.29, 1.82) is 0 Å². The van der Waals surface area contributed by atoms with E-state index in [1.165, 1.54) is 0 Å². The third-order valence-corrected chi connectivity index (χ3v) is 4.05. The van der Waals surface area contributed by atoms with Crippen LogP contribution in [0, 0.1) is 0 Å². The van der Waals surface area contributed by atoms with E-state index >= 15 is 0 Å². The van der Waals surface area contributed by atoms with Gasteiger partial charge in [-0.15, -0.1) is 0 Å². The van der Waals surface area contributed by atoms with E-state index in [1.807, 2.05) is 37.4 Å². The van der Waals surface area contributed by atoms with Crippen LogP contribution in [0.15, 0.2) is 30.3 Å². The van der Waals surface area contributed by atoms with Crippen LogP contribution in [-0.4, -0.2) is 45.2 Å². The average molecular weight is 269 g/mol. The average Bonchev–Trinajstić information content (AvgIpc) is 2.69. The molecule has 0 amide bonds. The Morgan fingerprint density at radius 1 is 1.44 bits per heavy atom. The molecule has 1 aliphatic rings. The summed E-state index contributed by atoms with van der Waals surface area (Å²) in [6, 6.07) is 9.91. The predicted octanol–water partition coefficient (Wildman–Crippen LogP) is 1.50. The fraction of sp³-hybridized carbons (Fsp3) is 0.538. The molecular formula is C13H19NO3S. The predicted molar refractivity (Wildman–Crippen MR) is 71.7 cm³/mol. The van der Waals surface area contributed by atoms with E-state index in [-0.39, 0.29) is 5.75 Å². The Morgan fingerprint density at radius 2 is 2.17 bits per heavy atom. The van der Waals surface area contributed by atoms with Gasteiger partial charge in [0.1, 0.15) is 0 Å². The second kappa shape index (κ2) is 5.93. The van der Waals surface area contributed by atoms with Crippen molar-refractivity contribution < 1.29 is 13.5 Å². The Labute approximate surface area is 110 Å². The Kier molecular flexibility index (Phi) is 4.50. The van der Waals surface area contributed by atoms with Crippen LogP contribution in [0.25, 0.3) is 0 Å². The third-order valence-electron chi connectivity index (χ3n) is 3.28. The molecule has 0 aliphatic carbocycles. The maximum atomic E-state index is 11.1. The van der Waals surface area contributed by atoms with E-state index in [2.05, 4.69) is 4.90 Å². The first kappa shape index (κ1) is 13.7. The summed E-state index contributed by atoms with van der Waals surface area (Å²) >= 11 is -1.82. The molecule has 5 heteroatoms. The van der Waals surface area contributed by atoms with Gasteiger partial charge >= 0.3 is 0 Å². The van der Waals surface area contributed by atoms with Gasteiger partial charge < -0.3 is 14.2 Å². The summed E-state index contributed by atoms with van der Waals surface area (Å²) in [6.07, 6.45) is 0.808. The molecule has 1 N–H and O–H groups in total. The van der Waals surface area contributed by atoms with Crippen molar-refractivity contribution in [2.24, 2.45) is 0 Å². The number of nitrogens with zero attached hydrogens (tertiary/aromatic N) is 1. The molecule has 2 atom stereocenters. The normalized spacial score (nSPS) is 26.3. The summed E-state index contributed by atoms with van der Waals surface area (Å²) in [5.41, 5.74) is 0.611. The van der Waals surface area contributed by atoms with Crippen molar-refractivity contribution >= 4 is 11.1 Å². The highest BCUT2D eigenvalue weighted by Gasteiger charge is 2.39. The minimum Gasteiger partial charge on any atom is -0.368 e. The number of ether oxygens (including phenoxy) is 1. The second-order valence-corrected chi connectivity index (χ2v) is 5.84. The zero-order valence-electron chi connectivity index (χ0n) is 10.5. The molecular weight excluding hydrogens is 250 g/mol. The number of benzene rings is 1. The molecule has 1 aromatic rings. The molecule has 1 aliphatic heterocycles. The van der Waals surface area contributed by atoms with Crippen LogP contribution < -0.4 is 0 Å². The fourth-order valence-corrected chi connectivity index (χ4v) is 3.13. The van der Waals surface area contributed by atoms with Crippen LogP contribution >= 0.6 is 0 Å². The van der Waals surface area contributed by atoms with Crippen LogP contribution in [-0.2, 0) is 22.4 Å². The van der Waals surface area contributed by atoms with Gasteiger partial charge in [0.15, 0.2) is 11.1 Å². The number of hydrogen-bond acceptors (Lipinski definition) is 3. The van der Waals surface area contributed by atoms with Gasteiger partial charge in [-0.05, 0) is 19.0 Å². The molecule has 2 rings (SSSR count). The summed E-state index contributed by atoms with van der Waals surface area (Å²) < 4.78 is 26.2. The molecule has 1 aromatic carbocycles. The summed E-state index contributed by atoms with van der Waals surface area (Å²) in [4.78, 5) is 2.14. The summed E-state index contributed by atoms with van der Waals surface area (Å²) in [5.74, 6) is 0.185. The van der Waals surface area contributed by atoms with Crippen LogP contribution in [0.3, 0.4) is 0 Å². The van der Waals surface area contributed by atoms with Gasteiger partial charge in [-0.1, -0.05) is 30.3 Å². The summed E-state index contributed by atoms with van der Waals surface area (Å²) in [7, 11) is 2.01. The van der Waals surface area contributed by atoms with Gasteiger partial charge in [-0.3, -0.25) is 0 Å². The topological polar surface area (TPSA) is 49.8 Å². The molecule has 100 valence electrons. The molecule has 0 aromatic heterocycles. The van der Waals surface area contributed by atoms with E-state index in [4.69, 9.17) is 9.29 Å². The van der Waals surface area contributed by atoms with Crippen LogP contribution in [0.1, 0.15) is 12.0 Å². The highest BCUT2D eigenvalue weighted by Crippen LogP contribution is 2.26. The van der Waals surface area contributed by atoms with Gasteiger partial charge in [-0.2, -0.15) is 0 Å². The van der Waals surface area contributed by atoms with Gasteiger partial charge in [-0.25, -0.2) is 4.21 Å². The largest absolute Gasteiger partial charge is 0.368 e. The van der Waals surface area contributed by atoms with Crippen molar-refractivity contribution in [2.45, 2.75) is 18.6 Å². The monoisotopic (exact) mass is 269 g/mol. The zero-order valence-corrected chi connectivity index (χ0v) is 11.4.